The Kier molecular flexibility index (Phi) is 7.04. The quantitative estimate of drug-likeness (QED) is 0.267. The van der Waals surface area contributed by atoms with E-state index in [0.29, 0.717) is 16.5 Å². The second-order valence-electron chi connectivity index (χ2n) is 7.18. The fourth-order valence-electron chi connectivity index (χ4n) is 3.02. The number of aromatic hydroxyl groups is 2. The first-order valence-corrected chi connectivity index (χ1v) is 10.1. The lowest BCUT2D eigenvalue weighted by atomic mass is 10.1. The third-order valence-electron chi connectivity index (χ3n) is 4.73. The van der Waals surface area contributed by atoms with Crippen LogP contribution in [0.15, 0.2) is 60.2 Å². The van der Waals surface area contributed by atoms with Crippen molar-refractivity contribution in [2.75, 3.05) is 0 Å². The number of carbonyl (C=O) groups is 1. The zero-order valence-electron chi connectivity index (χ0n) is 17.5. The van der Waals surface area contributed by atoms with E-state index in [1.807, 2.05) is 44.2 Å². The Morgan fingerprint density at radius 1 is 1.09 bits per heavy atom. The number of amides is 1. The second-order valence-corrected chi connectivity index (χ2v) is 7.56. The van der Waals surface area contributed by atoms with Crippen LogP contribution >= 0.6 is 11.6 Å². The van der Waals surface area contributed by atoms with E-state index in [9.17, 15) is 20.3 Å². The molecule has 0 aromatic heterocycles. The van der Waals surface area contributed by atoms with Crippen LogP contribution in [-0.4, -0.2) is 16.1 Å². The molecule has 6 nitrogen and oxygen atoms in total. The number of nitrogens with one attached hydrogen (secondary N) is 1. The van der Waals surface area contributed by atoms with Gasteiger partial charge in [-0.1, -0.05) is 35.9 Å². The van der Waals surface area contributed by atoms with Gasteiger partial charge >= 0.3 is 0 Å². The maximum atomic E-state index is 12.4. The smallest absolute Gasteiger partial charge is 0.262 e. The van der Waals surface area contributed by atoms with Gasteiger partial charge in [0, 0.05) is 17.1 Å². The number of carbonyl (C=O) groups excluding carboxylic acids is 1. The van der Waals surface area contributed by atoms with Gasteiger partial charge in [-0.25, -0.2) is 0 Å². The number of phenols is 2. The molecule has 0 radical (unpaired) electrons. The number of hydrogen-bond acceptors (Lipinski definition) is 5. The summed E-state index contributed by atoms with van der Waals surface area (Å²) in [5.41, 5.74) is 2.65. The fourth-order valence-corrected chi connectivity index (χ4v) is 3.13. The Balaban J connectivity index is 1.64. The first-order valence-electron chi connectivity index (χ1n) is 9.73. The molecule has 0 aliphatic heterocycles. The number of nitriles is 1. The number of nitrogens with zero attached hydrogens (tertiary/aromatic N) is 1. The van der Waals surface area contributed by atoms with E-state index in [4.69, 9.17) is 16.3 Å². The van der Waals surface area contributed by atoms with E-state index in [1.54, 1.807) is 12.1 Å². The van der Waals surface area contributed by atoms with Crippen molar-refractivity contribution in [1.82, 2.24) is 5.32 Å². The van der Waals surface area contributed by atoms with Crippen molar-refractivity contribution in [3.63, 3.8) is 0 Å². The molecule has 1 amide bonds. The van der Waals surface area contributed by atoms with Gasteiger partial charge in [-0.3, -0.25) is 4.79 Å². The number of phenolic OH excluding ortho intramolecular Hbond substituents is 2. The summed E-state index contributed by atoms with van der Waals surface area (Å²) in [4.78, 5) is 12.4. The second kappa shape index (κ2) is 9.90. The first-order chi connectivity index (χ1) is 15.3. The van der Waals surface area contributed by atoms with E-state index >= 15 is 0 Å². The summed E-state index contributed by atoms with van der Waals surface area (Å²) < 4.78 is 5.88. The summed E-state index contributed by atoms with van der Waals surface area (Å²) in [5, 5.41) is 32.1. The highest BCUT2D eigenvalue weighted by Crippen LogP contribution is 2.30. The molecule has 0 saturated carbocycles. The highest BCUT2D eigenvalue weighted by Gasteiger charge is 2.12. The van der Waals surface area contributed by atoms with Crippen LogP contribution < -0.4 is 10.1 Å². The van der Waals surface area contributed by atoms with Gasteiger partial charge in [0.05, 0.1) is 0 Å². The van der Waals surface area contributed by atoms with Crippen LogP contribution in [0.4, 0.5) is 0 Å². The SMILES string of the molecule is Cc1cc(Oc2ccc(CNC(=O)C(C#N)=Cc3cccc(O)c3O)cc2)cc(C)c1Cl. The predicted molar refractivity (Wildman–Crippen MR) is 123 cm³/mol. The molecule has 0 bridgehead atoms. The Bertz CT molecular complexity index is 1200. The lowest BCUT2D eigenvalue weighted by Crippen LogP contribution is -2.23. The minimum absolute atomic E-state index is 0.172. The minimum atomic E-state index is -0.595. The zero-order valence-corrected chi connectivity index (χ0v) is 18.3. The van der Waals surface area contributed by atoms with Crippen LogP contribution in [0.2, 0.25) is 5.02 Å². The molecule has 7 heteroatoms. The van der Waals surface area contributed by atoms with Gasteiger partial charge in [-0.05, 0) is 66.9 Å². The summed E-state index contributed by atoms with van der Waals surface area (Å²) in [6, 6.07) is 17.0. The van der Waals surface area contributed by atoms with Crippen molar-refractivity contribution in [3.8, 4) is 29.1 Å². The average Bonchev–Trinajstić information content (AvgIpc) is 2.77. The molecule has 0 fully saturated rings. The molecule has 0 saturated heterocycles. The summed E-state index contributed by atoms with van der Waals surface area (Å²) in [6.07, 6.45) is 1.22. The Hall–Kier alpha value is -3.95. The molecular formula is C25H21ClN2O4. The fraction of sp³-hybridized carbons (Fsp3) is 0.120. The predicted octanol–water partition coefficient (Wildman–Crippen LogP) is 5.38. The molecule has 3 rings (SSSR count). The number of rotatable bonds is 6. The molecule has 0 spiro atoms. The van der Waals surface area contributed by atoms with Crippen molar-refractivity contribution in [3.05, 3.63) is 87.4 Å². The van der Waals surface area contributed by atoms with Crippen LogP contribution in [0.5, 0.6) is 23.0 Å². The van der Waals surface area contributed by atoms with Crippen LogP contribution in [-0.2, 0) is 11.3 Å². The minimum Gasteiger partial charge on any atom is -0.504 e. The normalized spacial score (nSPS) is 11.0. The highest BCUT2D eigenvalue weighted by atomic mass is 35.5. The van der Waals surface area contributed by atoms with Crippen molar-refractivity contribution in [1.29, 1.82) is 5.26 Å². The van der Waals surface area contributed by atoms with E-state index in [-0.39, 0.29) is 23.4 Å². The van der Waals surface area contributed by atoms with Crippen LogP contribution in [0, 0.1) is 25.2 Å². The Labute approximate surface area is 191 Å². The molecule has 162 valence electrons. The van der Waals surface area contributed by atoms with E-state index in [0.717, 1.165) is 16.7 Å². The Morgan fingerprint density at radius 2 is 1.75 bits per heavy atom. The molecule has 0 aliphatic carbocycles. The summed E-state index contributed by atoms with van der Waals surface area (Å²) in [7, 11) is 0. The number of aryl methyl sites for hydroxylation is 2. The third-order valence-corrected chi connectivity index (χ3v) is 5.33. The van der Waals surface area contributed by atoms with Gasteiger partial charge < -0.3 is 20.3 Å². The van der Waals surface area contributed by atoms with Crippen LogP contribution in [0.1, 0.15) is 22.3 Å². The van der Waals surface area contributed by atoms with Gasteiger partial charge in [0.25, 0.3) is 5.91 Å². The first kappa shape index (κ1) is 22.7. The van der Waals surface area contributed by atoms with Gasteiger partial charge in [-0.15, -0.1) is 0 Å². The van der Waals surface area contributed by atoms with Gasteiger partial charge in [-0.2, -0.15) is 5.26 Å². The number of hydrogen-bond donors (Lipinski definition) is 3. The molecule has 0 unspecified atom stereocenters. The summed E-state index contributed by atoms with van der Waals surface area (Å²) in [6.45, 7) is 4.03. The summed E-state index contributed by atoms with van der Waals surface area (Å²) in [5.74, 6) is 0.00250. The zero-order chi connectivity index (χ0) is 23.3. The number of halogens is 1. The molecule has 32 heavy (non-hydrogen) atoms. The van der Waals surface area contributed by atoms with Crippen molar-refractivity contribution in [2.45, 2.75) is 20.4 Å². The Morgan fingerprint density at radius 3 is 2.38 bits per heavy atom. The van der Waals surface area contributed by atoms with Gasteiger partial charge in [0.15, 0.2) is 11.5 Å². The van der Waals surface area contributed by atoms with Crippen molar-refractivity contribution in [2.24, 2.45) is 0 Å². The molecule has 3 N–H and O–H groups in total. The monoisotopic (exact) mass is 448 g/mol. The summed E-state index contributed by atoms with van der Waals surface area (Å²) >= 11 is 6.19. The lowest BCUT2D eigenvalue weighted by molar-refractivity contribution is -0.117. The topological polar surface area (TPSA) is 103 Å². The number of benzene rings is 3. The maximum absolute atomic E-state index is 12.4. The molecule has 0 heterocycles. The maximum Gasteiger partial charge on any atom is 0.262 e. The van der Waals surface area contributed by atoms with Gasteiger partial charge in [0.2, 0.25) is 0 Å². The highest BCUT2D eigenvalue weighted by molar-refractivity contribution is 6.32. The van der Waals surface area contributed by atoms with Gasteiger partial charge in [0.1, 0.15) is 23.1 Å². The van der Waals surface area contributed by atoms with Crippen molar-refractivity contribution >= 4 is 23.6 Å². The van der Waals surface area contributed by atoms with E-state index in [2.05, 4.69) is 5.32 Å². The lowest BCUT2D eigenvalue weighted by Gasteiger charge is -2.10. The molecule has 0 aliphatic rings. The molecule has 3 aromatic carbocycles. The van der Waals surface area contributed by atoms with Crippen LogP contribution in [0.25, 0.3) is 6.08 Å². The van der Waals surface area contributed by atoms with E-state index in [1.165, 1.54) is 24.3 Å². The largest absolute Gasteiger partial charge is 0.504 e. The van der Waals surface area contributed by atoms with Crippen molar-refractivity contribution < 1.29 is 19.7 Å². The standard InChI is InChI=1S/C25H21ClN2O4/c1-15-10-21(11-16(2)23(15)26)32-20-8-6-17(7-9-20)14-28-25(31)19(13-27)12-18-4-3-5-22(29)24(18)30/h3-12,29-30H,14H2,1-2H3,(H,28,31). The molecule has 3 aromatic rings. The number of para-hydroxylation sites is 1. The van der Waals surface area contributed by atoms with E-state index < -0.39 is 11.7 Å². The third kappa shape index (κ3) is 5.39. The van der Waals surface area contributed by atoms with Crippen LogP contribution in [0.3, 0.4) is 0 Å². The molecular weight excluding hydrogens is 428 g/mol. The number of ether oxygens (including phenoxy) is 1. The average molecular weight is 449 g/mol. The molecule has 0 atom stereocenters.